The summed E-state index contributed by atoms with van der Waals surface area (Å²) in [5.41, 5.74) is 7.05. The summed E-state index contributed by atoms with van der Waals surface area (Å²) in [5, 5.41) is 3.33. The van der Waals surface area contributed by atoms with Crippen LogP contribution in [0.3, 0.4) is 0 Å². The molecule has 7 heteroatoms. The number of nitrogen functional groups attached to an aromatic ring is 1. The molecule has 118 valence electrons. The number of hydrogen-bond donors (Lipinski definition) is 2. The number of benzene rings is 1. The number of nitrogens with two attached hydrogens (primary N) is 1. The number of hydrogen-bond acceptors (Lipinski definition) is 5. The third kappa shape index (κ3) is 3.14. The highest BCUT2D eigenvalue weighted by Gasteiger charge is 2.36. The molecule has 5 nitrogen and oxygen atoms in total. The highest BCUT2D eigenvalue weighted by Crippen LogP contribution is 2.43. The minimum Gasteiger partial charge on any atom is -0.396 e. The van der Waals surface area contributed by atoms with E-state index in [4.69, 9.17) is 5.73 Å². The van der Waals surface area contributed by atoms with E-state index in [0.717, 1.165) is 6.54 Å². The average molecular weight is 329 g/mol. The topological polar surface area (TPSA) is 75.4 Å². The summed E-state index contributed by atoms with van der Waals surface area (Å²) in [6.07, 6.45) is 5.76. The second-order valence-corrected chi connectivity index (χ2v) is 8.99. The summed E-state index contributed by atoms with van der Waals surface area (Å²) in [6, 6.07) is 5.10. The zero-order chi connectivity index (χ0) is 15.7. The van der Waals surface area contributed by atoms with Crippen molar-refractivity contribution in [1.29, 1.82) is 0 Å². The van der Waals surface area contributed by atoms with Crippen LogP contribution in [0.1, 0.15) is 19.3 Å². The van der Waals surface area contributed by atoms with Crippen molar-refractivity contribution >= 4 is 33.2 Å². The molecule has 0 aliphatic heterocycles. The minimum atomic E-state index is -3.52. The molecular weight excluding hydrogens is 306 g/mol. The molecular formula is C14H23N3O2S2. The summed E-state index contributed by atoms with van der Waals surface area (Å²) in [6.45, 7) is 0.809. The molecule has 0 unspecified atom stereocenters. The molecule has 0 heterocycles. The summed E-state index contributed by atoms with van der Waals surface area (Å²) < 4.78 is 25.9. The molecule has 0 amide bonds. The van der Waals surface area contributed by atoms with Crippen LogP contribution in [0.25, 0.3) is 0 Å². The Labute approximate surface area is 131 Å². The number of thioether (sulfide) groups is 1. The van der Waals surface area contributed by atoms with E-state index in [0.29, 0.717) is 11.4 Å². The monoisotopic (exact) mass is 329 g/mol. The third-order valence-electron chi connectivity index (χ3n) is 4.12. The molecule has 0 aromatic heterocycles. The van der Waals surface area contributed by atoms with Gasteiger partial charge in [-0.3, -0.25) is 0 Å². The number of nitrogens with zero attached hydrogens (tertiary/aromatic N) is 1. The molecule has 0 spiro atoms. The molecule has 0 saturated heterocycles. The number of para-hydroxylation sites is 1. The number of rotatable bonds is 6. The van der Waals surface area contributed by atoms with Gasteiger partial charge in [-0.05, 0) is 31.2 Å². The van der Waals surface area contributed by atoms with E-state index in [9.17, 15) is 8.42 Å². The molecule has 1 fully saturated rings. The molecule has 0 atom stereocenters. The van der Waals surface area contributed by atoms with E-state index in [1.807, 2.05) is 17.8 Å². The standard InChI is InChI=1S/C14H23N3O2S2/c1-17(2)21(18,19)12-7-4-6-11(13(12)15)16-10-14(20-3)8-5-9-14/h4,6-7,16H,5,8-10,15H2,1-3H3. The fourth-order valence-electron chi connectivity index (χ4n) is 2.40. The lowest BCUT2D eigenvalue weighted by Gasteiger charge is -2.40. The molecule has 0 radical (unpaired) electrons. The summed E-state index contributed by atoms with van der Waals surface area (Å²) in [7, 11) is -0.506. The highest BCUT2D eigenvalue weighted by atomic mass is 32.2. The van der Waals surface area contributed by atoms with E-state index in [1.54, 1.807) is 12.1 Å². The van der Waals surface area contributed by atoms with Gasteiger partial charge in [0.2, 0.25) is 10.0 Å². The van der Waals surface area contributed by atoms with Crippen LogP contribution in [0, 0.1) is 0 Å². The molecule has 1 aliphatic carbocycles. The zero-order valence-electron chi connectivity index (χ0n) is 12.7. The van der Waals surface area contributed by atoms with Crippen molar-refractivity contribution in [3.8, 4) is 0 Å². The van der Waals surface area contributed by atoms with Crippen molar-refractivity contribution in [3.05, 3.63) is 18.2 Å². The second-order valence-electron chi connectivity index (χ2n) is 5.60. The maximum absolute atomic E-state index is 12.2. The lowest BCUT2D eigenvalue weighted by molar-refractivity contribution is 0.380. The smallest absolute Gasteiger partial charge is 0.244 e. The van der Waals surface area contributed by atoms with E-state index in [1.165, 1.54) is 37.7 Å². The largest absolute Gasteiger partial charge is 0.396 e. The quantitative estimate of drug-likeness (QED) is 0.783. The zero-order valence-corrected chi connectivity index (χ0v) is 14.4. The molecule has 2 rings (SSSR count). The van der Waals surface area contributed by atoms with Crippen molar-refractivity contribution in [2.75, 3.05) is 37.9 Å². The molecule has 3 N–H and O–H groups in total. The summed E-state index contributed by atoms with van der Waals surface area (Å²) >= 11 is 1.87. The van der Waals surface area contributed by atoms with Gasteiger partial charge < -0.3 is 11.1 Å². The second kappa shape index (κ2) is 6.06. The Morgan fingerprint density at radius 2 is 2.05 bits per heavy atom. The number of nitrogens with one attached hydrogen (secondary N) is 1. The van der Waals surface area contributed by atoms with Crippen LogP contribution in [0.5, 0.6) is 0 Å². The van der Waals surface area contributed by atoms with Crippen LogP contribution in [0.15, 0.2) is 23.1 Å². The van der Waals surface area contributed by atoms with Crippen molar-refractivity contribution in [3.63, 3.8) is 0 Å². The van der Waals surface area contributed by atoms with Crippen LogP contribution in [0.2, 0.25) is 0 Å². The lowest BCUT2D eigenvalue weighted by atomic mass is 9.84. The first-order chi connectivity index (χ1) is 9.82. The Kier molecular flexibility index (Phi) is 4.75. The number of anilines is 2. The fourth-order valence-corrected chi connectivity index (χ4v) is 4.35. The van der Waals surface area contributed by atoms with Crippen molar-refractivity contribution in [1.82, 2.24) is 4.31 Å². The van der Waals surface area contributed by atoms with Crippen molar-refractivity contribution in [2.45, 2.75) is 28.9 Å². The summed E-state index contributed by atoms with van der Waals surface area (Å²) in [4.78, 5) is 0.157. The predicted molar refractivity (Wildman–Crippen MR) is 90.3 cm³/mol. The van der Waals surface area contributed by atoms with Gasteiger partial charge in [-0.1, -0.05) is 12.5 Å². The Balaban J connectivity index is 2.22. The van der Waals surface area contributed by atoms with Crippen molar-refractivity contribution < 1.29 is 8.42 Å². The van der Waals surface area contributed by atoms with Gasteiger partial charge in [0.05, 0.1) is 11.4 Å². The third-order valence-corrected chi connectivity index (χ3v) is 7.42. The predicted octanol–water partition coefficient (Wildman–Crippen LogP) is 2.22. The van der Waals surface area contributed by atoms with Gasteiger partial charge in [0, 0.05) is 25.4 Å². The number of sulfonamides is 1. The molecule has 1 aromatic carbocycles. The van der Waals surface area contributed by atoms with Crippen LogP contribution in [-0.2, 0) is 10.0 Å². The SMILES string of the molecule is CSC1(CNc2cccc(S(=O)(=O)N(C)C)c2N)CCC1. The Hall–Kier alpha value is -0.920. The molecule has 0 bridgehead atoms. The maximum Gasteiger partial charge on any atom is 0.244 e. The first kappa shape index (κ1) is 16.5. The summed E-state index contributed by atoms with van der Waals surface area (Å²) in [5.74, 6) is 0. The fraction of sp³-hybridized carbons (Fsp3) is 0.571. The van der Waals surface area contributed by atoms with Crippen molar-refractivity contribution in [2.24, 2.45) is 0 Å². The van der Waals surface area contributed by atoms with Crippen LogP contribution in [-0.4, -0.2) is 44.4 Å². The average Bonchev–Trinajstić information content (AvgIpc) is 2.39. The van der Waals surface area contributed by atoms with E-state index < -0.39 is 10.0 Å². The Morgan fingerprint density at radius 1 is 1.38 bits per heavy atom. The van der Waals surface area contributed by atoms with Gasteiger partial charge >= 0.3 is 0 Å². The molecule has 1 saturated carbocycles. The molecule has 21 heavy (non-hydrogen) atoms. The minimum absolute atomic E-state index is 0.157. The normalized spacial score (nSPS) is 17.5. The molecule has 1 aliphatic rings. The van der Waals surface area contributed by atoms with Gasteiger partial charge in [-0.25, -0.2) is 12.7 Å². The first-order valence-corrected chi connectivity index (χ1v) is 9.59. The first-order valence-electron chi connectivity index (χ1n) is 6.92. The van der Waals surface area contributed by atoms with E-state index >= 15 is 0 Å². The molecule has 1 aromatic rings. The van der Waals surface area contributed by atoms with Gasteiger partial charge in [-0.15, -0.1) is 0 Å². The Morgan fingerprint density at radius 3 is 2.52 bits per heavy atom. The lowest BCUT2D eigenvalue weighted by Crippen LogP contribution is -2.40. The van der Waals surface area contributed by atoms with Crippen LogP contribution < -0.4 is 11.1 Å². The maximum atomic E-state index is 12.2. The van der Waals surface area contributed by atoms with E-state index in [2.05, 4.69) is 11.6 Å². The van der Waals surface area contributed by atoms with Gasteiger partial charge in [-0.2, -0.15) is 11.8 Å². The van der Waals surface area contributed by atoms with Crippen LogP contribution >= 0.6 is 11.8 Å². The van der Waals surface area contributed by atoms with E-state index in [-0.39, 0.29) is 9.64 Å². The highest BCUT2D eigenvalue weighted by molar-refractivity contribution is 8.00. The van der Waals surface area contributed by atoms with Gasteiger partial charge in [0.15, 0.2) is 0 Å². The Bertz CT molecular complexity index is 605. The van der Waals surface area contributed by atoms with Crippen LogP contribution in [0.4, 0.5) is 11.4 Å². The van der Waals surface area contributed by atoms with Gasteiger partial charge in [0.25, 0.3) is 0 Å². The van der Waals surface area contributed by atoms with Gasteiger partial charge in [0.1, 0.15) is 4.90 Å².